The predicted molar refractivity (Wildman–Crippen MR) is 88.0 cm³/mol. The molecule has 112 valence electrons. The van der Waals surface area contributed by atoms with Gasteiger partial charge in [0.1, 0.15) is 0 Å². The maximum absolute atomic E-state index is 4.48. The number of pyridine rings is 1. The minimum Gasteiger partial charge on any atom is -0.310 e. The smallest absolute Gasteiger partial charge is 0.0379 e. The van der Waals surface area contributed by atoms with Gasteiger partial charge in [0.25, 0.3) is 0 Å². The molecule has 1 heterocycles. The average molecular weight is 274 g/mol. The summed E-state index contributed by atoms with van der Waals surface area (Å²) < 4.78 is 0. The molecule has 1 aromatic rings. The zero-order valence-electron chi connectivity index (χ0n) is 13.4. The van der Waals surface area contributed by atoms with E-state index < -0.39 is 0 Å². The van der Waals surface area contributed by atoms with Gasteiger partial charge >= 0.3 is 0 Å². The van der Waals surface area contributed by atoms with Gasteiger partial charge in [-0.3, -0.25) is 4.98 Å². The van der Waals surface area contributed by atoms with Gasteiger partial charge in [-0.05, 0) is 63.8 Å². The molecule has 0 aliphatic rings. The maximum atomic E-state index is 4.48. The van der Waals surface area contributed by atoms with Crippen LogP contribution in [0, 0.1) is 13.8 Å². The van der Waals surface area contributed by atoms with Crippen molar-refractivity contribution in [3.8, 4) is 0 Å². The van der Waals surface area contributed by atoms with Crippen LogP contribution in [0.2, 0.25) is 0 Å². The van der Waals surface area contributed by atoms with Gasteiger partial charge in [0.05, 0.1) is 0 Å². The van der Waals surface area contributed by atoms with Crippen molar-refractivity contribution in [1.29, 1.82) is 0 Å². The quantitative estimate of drug-likeness (QED) is 0.486. The Labute approximate surface area is 124 Å². The molecular weight excluding hydrogens is 244 g/mol. The highest BCUT2D eigenvalue weighted by molar-refractivity contribution is 5.23. The number of hydrogen-bond acceptors (Lipinski definition) is 2. The molecule has 1 aromatic heterocycles. The second kappa shape index (κ2) is 9.71. The summed E-state index contributed by atoms with van der Waals surface area (Å²) in [6, 6.07) is 4.92. The fourth-order valence-electron chi connectivity index (χ4n) is 2.59. The van der Waals surface area contributed by atoms with Crippen LogP contribution in [0.4, 0.5) is 0 Å². The van der Waals surface area contributed by atoms with Gasteiger partial charge in [0.2, 0.25) is 0 Å². The Kier molecular flexibility index (Phi) is 8.20. The van der Waals surface area contributed by atoms with Crippen LogP contribution in [0.1, 0.15) is 68.4 Å². The van der Waals surface area contributed by atoms with E-state index in [1.165, 1.54) is 37.7 Å². The molecule has 0 saturated heterocycles. The second-order valence-corrected chi connectivity index (χ2v) is 5.62. The fraction of sp³-hybridized carbons (Fsp3) is 0.611. The Morgan fingerprint density at radius 3 is 2.50 bits per heavy atom. The largest absolute Gasteiger partial charge is 0.310 e. The average Bonchev–Trinajstić information content (AvgIpc) is 2.40. The van der Waals surface area contributed by atoms with Gasteiger partial charge < -0.3 is 5.32 Å². The lowest BCUT2D eigenvalue weighted by atomic mass is 9.99. The number of aryl methyl sites for hydroxylation is 2. The summed E-state index contributed by atoms with van der Waals surface area (Å²) in [5.74, 6) is 0. The zero-order chi connectivity index (χ0) is 14.8. The molecule has 0 aromatic carbocycles. The third-order valence-corrected chi connectivity index (χ3v) is 3.55. The Hall–Kier alpha value is -1.15. The highest BCUT2D eigenvalue weighted by atomic mass is 14.9. The summed E-state index contributed by atoms with van der Waals surface area (Å²) >= 11 is 0. The van der Waals surface area contributed by atoms with Gasteiger partial charge in [-0.1, -0.05) is 25.8 Å². The van der Waals surface area contributed by atoms with E-state index in [-0.39, 0.29) is 0 Å². The number of unbranched alkanes of at least 4 members (excludes halogenated alkanes) is 3. The lowest BCUT2D eigenvalue weighted by Crippen LogP contribution is -2.22. The number of allylic oxidation sites excluding steroid dienone is 1. The minimum absolute atomic E-state index is 0.471. The topological polar surface area (TPSA) is 24.9 Å². The summed E-state index contributed by atoms with van der Waals surface area (Å²) in [5, 5.41) is 3.68. The van der Waals surface area contributed by atoms with Crippen molar-refractivity contribution in [2.24, 2.45) is 0 Å². The molecule has 0 amide bonds. The fourth-order valence-corrected chi connectivity index (χ4v) is 2.59. The highest BCUT2D eigenvalue weighted by Crippen LogP contribution is 2.21. The molecule has 1 atom stereocenters. The van der Waals surface area contributed by atoms with Crippen molar-refractivity contribution in [2.45, 2.75) is 65.3 Å². The van der Waals surface area contributed by atoms with Crippen molar-refractivity contribution in [3.63, 3.8) is 0 Å². The van der Waals surface area contributed by atoms with Crippen molar-refractivity contribution in [2.75, 3.05) is 6.54 Å². The van der Waals surface area contributed by atoms with E-state index >= 15 is 0 Å². The molecular formula is C18H30N2. The third-order valence-electron chi connectivity index (χ3n) is 3.55. The molecule has 1 N–H and O–H groups in total. The van der Waals surface area contributed by atoms with E-state index in [4.69, 9.17) is 0 Å². The van der Waals surface area contributed by atoms with Gasteiger partial charge in [0.15, 0.2) is 0 Å². The predicted octanol–water partition coefficient (Wildman–Crippen LogP) is 4.88. The Morgan fingerprint density at radius 1 is 1.20 bits per heavy atom. The normalized spacial score (nSPS) is 12.3. The summed E-state index contributed by atoms with van der Waals surface area (Å²) in [4.78, 5) is 4.48. The standard InChI is InChI=1S/C18H30N2/c1-5-7-8-9-10-11-18(19-12-6-2)17-13-15(3)20-16(4)14-17/h5,13-14,18-19H,1,6-12H2,2-4H3. The molecule has 2 heteroatoms. The van der Waals surface area contributed by atoms with E-state index in [1.807, 2.05) is 6.08 Å². The van der Waals surface area contributed by atoms with Gasteiger partial charge in [-0.2, -0.15) is 0 Å². The van der Waals surface area contributed by atoms with Crippen LogP contribution in [0.15, 0.2) is 24.8 Å². The van der Waals surface area contributed by atoms with E-state index in [2.05, 4.69) is 49.8 Å². The van der Waals surface area contributed by atoms with Crippen LogP contribution in [-0.4, -0.2) is 11.5 Å². The molecule has 0 saturated carbocycles. The van der Waals surface area contributed by atoms with E-state index in [0.717, 1.165) is 24.4 Å². The molecule has 0 aliphatic heterocycles. The Morgan fingerprint density at radius 2 is 1.90 bits per heavy atom. The molecule has 0 bridgehead atoms. The zero-order valence-corrected chi connectivity index (χ0v) is 13.4. The van der Waals surface area contributed by atoms with Crippen molar-refractivity contribution < 1.29 is 0 Å². The van der Waals surface area contributed by atoms with Crippen molar-refractivity contribution in [1.82, 2.24) is 10.3 Å². The van der Waals surface area contributed by atoms with Crippen LogP contribution in [0.3, 0.4) is 0 Å². The lowest BCUT2D eigenvalue weighted by Gasteiger charge is -2.20. The minimum atomic E-state index is 0.471. The first-order valence-electron chi connectivity index (χ1n) is 7.96. The highest BCUT2D eigenvalue weighted by Gasteiger charge is 2.11. The maximum Gasteiger partial charge on any atom is 0.0379 e. The number of nitrogens with zero attached hydrogens (tertiary/aromatic N) is 1. The van der Waals surface area contributed by atoms with Crippen LogP contribution in [-0.2, 0) is 0 Å². The first-order valence-corrected chi connectivity index (χ1v) is 7.96. The van der Waals surface area contributed by atoms with E-state index in [9.17, 15) is 0 Å². The van der Waals surface area contributed by atoms with Crippen LogP contribution >= 0.6 is 0 Å². The van der Waals surface area contributed by atoms with Crippen LogP contribution in [0.25, 0.3) is 0 Å². The number of rotatable bonds is 10. The summed E-state index contributed by atoms with van der Waals surface area (Å²) in [7, 11) is 0. The van der Waals surface area contributed by atoms with Gasteiger partial charge in [-0.25, -0.2) is 0 Å². The summed E-state index contributed by atoms with van der Waals surface area (Å²) in [6.45, 7) is 11.2. The summed E-state index contributed by atoms with van der Waals surface area (Å²) in [6.07, 6.45) is 9.37. The monoisotopic (exact) mass is 274 g/mol. The molecule has 2 nitrogen and oxygen atoms in total. The molecule has 0 aliphatic carbocycles. The first kappa shape index (κ1) is 16.9. The Bertz CT molecular complexity index is 378. The SMILES string of the molecule is C=CCCCCCC(NCCC)c1cc(C)nc(C)c1. The molecule has 20 heavy (non-hydrogen) atoms. The molecule has 0 fully saturated rings. The first-order chi connectivity index (χ1) is 9.67. The van der Waals surface area contributed by atoms with Gasteiger partial charge in [0, 0.05) is 17.4 Å². The van der Waals surface area contributed by atoms with Crippen molar-refractivity contribution in [3.05, 3.63) is 41.7 Å². The van der Waals surface area contributed by atoms with E-state index in [0.29, 0.717) is 6.04 Å². The van der Waals surface area contributed by atoms with E-state index in [1.54, 1.807) is 0 Å². The molecule has 0 radical (unpaired) electrons. The lowest BCUT2D eigenvalue weighted by molar-refractivity contribution is 0.471. The Balaban J connectivity index is 2.60. The van der Waals surface area contributed by atoms with Crippen LogP contribution < -0.4 is 5.32 Å². The van der Waals surface area contributed by atoms with Gasteiger partial charge in [-0.15, -0.1) is 6.58 Å². The second-order valence-electron chi connectivity index (χ2n) is 5.62. The third kappa shape index (κ3) is 6.33. The number of hydrogen-bond donors (Lipinski definition) is 1. The number of nitrogens with one attached hydrogen (secondary N) is 1. The molecule has 1 rings (SSSR count). The summed E-state index contributed by atoms with van der Waals surface area (Å²) in [5.41, 5.74) is 3.64. The van der Waals surface area contributed by atoms with Crippen molar-refractivity contribution >= 4 is 0 Å². The molecule has 1 unspecified atom stereocenters. The molecule has 0 spiro atoms. The van der Waals surface area contributed by atoms with Crippen LogP contribution in [0.5, 0.6) is 0 Å². The number of aromatic nitrogens is 1.